The topological polar surface area (TPSA) is 92.9 Å². The molecule has 0 bridgehead atoms. The van der Waals surface area contributed by atoms with Crippen molar-refractivity contribution < 1.29 is 9.21 Å². The number of nitrogens with one attached hydrogen (secondary N) is 2. The number of nitrogens with zero attached hydrogens (tertiary/aromatic N) is 2. The van der Waals surface area contributed by atoms with Crippen LogP contribution >= 0.6 is 27.7 Å². The highest BCUT2D eigenvalue weighted by atomic mass is 79.9. The molecule has 4 rings (SSSR count). The number of hydrogen-bond acceptors (Lipinski definition) is 5. The van der Waals surface area contributed by atoms with E-state index in [-0.39, 0.29) is 23.8 Å². The molecule has 0 atom stereocenters. The summed E-state index contributed by atoms with van der Waals surface area (Å²) in [5, 5.41) is 3.34. The Labute approximate surface area is 185 Å². The van der Waals surface area contributed by atoms with Gasteiger partial charge in [-0.2, -0.15) is 0 Å². The van der Waals surface area contributed by atoms with Crippen molar-refractivity contribution in [3.8, 4) is 0 Å². The Bertz CT molecular complexity index is 1280. The summed E-state index contributed by atoms with van der Waals surface area (Å²) >= 11 is 4.67. The molecule has 7 nitrogen and oxygen atoms in total. The smallest absolute Gasteiger partial charge is 0.278 e. The molecule has 1 amide bonds. The molecule has 0 saturated carbocycles. The number of H-pyrrole nitrogens is 1. The number of aromatic amines is 1. The Morgan fingerprint density at radius 2 is 2.13 bits per heavy atom. The number of benzene rings is 1. The number of hydrogen-bond donors (Lipinski definition) is 2. The highest BCUT2D eigenvalue weighted by Gasteiger charge is 2.16. The maximum Gasteiger partial charge on any atom is 0.278 e. The van der Waals surface area contributed by atoms with E-state index < -0.39 is 0 Å². The van der Waals surface area contributed by atoms with Crippen molar-refractivity contribution in [2.24, 2.45) is 0 Å². The molecule has 2 N–H and O–H groups in total. The third-order valence-corrected chi connectivity index (χ3v) is 6.37. The Hall–Kier alpha value is -2.78. The second-order valence-corrected chi connectivity index (χ2v) is 8.68. The number of aromatic nitrogens is 3. The average molecular weight is 487 g/mol. The average Bonchev–Trinajstić information content (AvgIpc) is 3.35. The third-order valence-electron chi connectivity index (χ3n) is 4.51. The number of carbonyl (C=O) groups is 1. The van der Waals surface area contributed by atoms with E-state index in [9.17, 15) is 9.59 Å². The molecule has 154 valence electrons. The van der Waals surface area contributed by atoms with Gasteiger partial charge in [0.05, 0.1) is 24.1 Å². The van der Waals surface area contributed by atoms with Crippen LogP contribution in [0.25, 0.3) is 11.0 Å². The minimum absolute atomic E-state index is 0.120. The molecule has 0 saturated heterocycles. The van der Waals surface area contributed by atoms with Crippen LogP contribution in [0.1, 0.15) is 17.0 Å². The standard InChI is InChI=1S/C21H19BrN4O3S/c1-12-8-14(5-6-16(12)22)24-18(27)11-30-21-25-17-9-13(2)23-19(17)20(28)26(21)10-15-4-3-7-29-15/h3-9,23H,10-11H2,1-2H3,(H,24,27). The van der Waals surface area contributed by atoms with Gasteiger partial charge in [0.15, 0.2) is 5.16 Å². The number of carbonyl (C=O) groups excluding carboxylic acids is 1. The van der Waals surface area contributed by atoms with Crippen LogP contribution in [0, 0.1) is 13.8 Å². The number of furan rings is 1. The first kappa shape index (κ1) is 20.5. The molecule has 1 aromatic carbocycles. The van der Waals surface area contributed by atoms with E-state index in [1.807, 2.05) is 38.1 Å². The number of aryl methyl sites for hydroxylation is 2. The molecule has 0 radical (unpaired) electrons. The number of thioether (sulfide) groups is 1. The SMILES string of the molecule is Cc1cc2nc(SCC(=O)Nc3ccc(Br)c(C)c3)n(Cc3ccco3)c(=O)c2[nH]1. The fourth-order valence-electron chi connectivity index (χ4n) is 3.07. The highest BCUT2D eigenvalue weighted by Crippen LogP contribution is 2.22. The van der Waals surface area contributed by atoms with E-state index in [4.69, 9.17) is 4.42 Å². The summed E-state index contributed by atoms with van der Waals surface area (Å²) in [4.78, 5) is 33.2. The van der Waals surface area contributed by atoms with Crippen molar-refractivity contribution in [1.29, 1.82) is 0 Å². The van der Waals surface area contributed by atoms with Crippen LogP contribution in [-0.4, -0.2) is 26.2 Å². The molecule has 0 spiro atoms. The molecule has 4 aromatic rings. The fourth-order valence-corrected chi connectivity index (χ4v) is 4.11. The quantitative estimate of drug-likeness (QED) is 0.309. The maximum absolute atomic E-state index is 13.0. The summed E-state index contributed by atoms with van der Waals surface area (Å²) < 4.78 is 7.91. The van der Waals surface area contributed by atoms with Crippen LogP contribution in [0.4, 0.5) is 5.69 Å². The molecule has 3 heterocycles. The van der Waals surface area contributed by atoms with Crippen molar-refractivity contribution in [2.45, 2.75) is 25.5 Å². The van der Waals surface area contributed by atoms with Crippen molar-refractivity contribution in [3.63, 3.8) is 0 Å². The summed E-state index contributed by atoms with van der Waals surface area (Å²) in [7, 11) is 0. The van der Waals surface area contributed by atoms with Gasteiger partial charge in [0, 0.05) is 15.9 Å². The van der Waals surface area contributed by atoms with E-state index in [2.05, 4.69) is 31.2 Å². The zero-order valence-electron chi connectivity index (χ0n) is 16.4. The third kappa shape index (κ3) is 4.36. The van der Waals surface area contributed by atoms with Gasteiger partial charge in [-0.05, 0) is 55.8 Å². The van der Waals surface area contributed by atoms with Crippen molar-refractivity contribution in [3.05, 3.63) is 74.5 Å². The van der Waals surface area contributed by atoms with E-state index in [0.717, 1.165) is 21.4 Å². The lowest BCUT2D eigenvalue weighted by molar-refractivity contribution is -0.113. The maximum atomic E-state index is 13.0. The van der Waals surface area contributed by atoms with Crippen LogP contribution in [0.2, 0.25) is 0 Å². The van der Waals surface area contributed by atoms with Gasteiger partial charge in [-0.3, -0.25) is 14.2 Å². The summed E-state index contributed by atoms with van der Waals surface area (Å²) in [6.45, 7) is 4.07. The second kappa shape index (κ2) is 8.53. The molecule has 0 unspecified atom stereocenters. The summed E-state index contributed by atoms with van der Waals surface area (Å²) in [5.41, 5.74) is 3.43. The van der Waals surface area contributed by atoms with Gasteiger partial charge in [-0.1, -0.05) is 27.7 Å². The molecule has 30 heavy (non-hydrogen) atoms. The van der Waals surface area contributed by atoms with Gasteiger partial charge < -0.3 is 14.7 Å². The number of anilines is 1. The largest absolute Gasteiger partial charge is 0.467 e. The normalized spacial score (nSPS) is 11.2. The number of rotatable bonds is 6. The molecule has 3 aromatic heterocycles. The van der Waals surface area contributed by atoms with Gasteiger partial charge >= 0.3 is 0 Å². The first-order valence-corrected chi connectivity index (χ1v) is 11.0. The Morgan fingerprint density at radius 3 is 2.87 bits per heavy atom. The van der Waals surface area contributed by atoms with Crippen LogP contribution in [0.5, 0.6) is 0 Å². The predicted molar refractivity (Wildman–Crippen MR) is 121 cm³/mol. The van der Waals surface area contributed by atoms with E-state index in [1.54, 1.807) is 18.4 Å². The summed E-state index contributed by atoms with van der Waals surface area (Å²) in [5.74, 6) is 0.582. The Kier molecular flexibility index (Phi) is 5.83. The van der Waals surface area contributed by atoms with E-state index in [1.165, 1.54) is 16.3 Å². The minimum Gasteiger partial charge on any atom is -0.467 e. The molecular formula is C21H19BrN4O3S. The summed E-state index contributed by atoms with van der Waals surface area (Å²) in [6, 6.07) is 11.0. The lowest BCUT2D eigenvalue weighted by Gasteiger charge is -2.11. The lowest BCUT2D eigenvalue weighted by atomic mass is 10.2. The highest BCUT2D eigenvalue weighted by molar-refractivity contribution is 9.10. The zero-order valence-corrected chi connectivity index (χ0v) is 18.8. The number of halogens is 1. The lowest BCUT2D eigenvalue weighted by Crippen LogP contribution is -2.24. The van der Waals surface area contributed by atoms with Crippen LogP contribution < -0.4 is 10.9 Å². The van der Waals surface area contributed by atoms with Gasteiger partial charge in [0.1, 0.15) is 11.3 Å². The molecule has 0 aliphatic heterocycles. The fraction of sp³-hybridized carbons (Fsp3) is 0.190. The predicted octanol–water partition coefficient (Wildman–Crippen LogP) is 4.48. The second-order valence-electron chi connectivity index (χ2n) is 6.88. The number of fused-ring (bicyclic) bond motifs is 1. The van der Waals surface area contributed by atoms with Crippen LogP contribution in [-0.2, 0) is 11.3 Å². The van der Waals surface area contributed by atoms with E-state index in [0.29, 0.717) is 22.0 Å². The van der Waals surface area contributed by atoms with Crippen molar-refractivity contribution in [2.75, 3.05) is 11.1 Å². The molecule has 9 heteroatoms. The molecule has 0 aliphatic carbocycles. The first-order chi connectivity index (χ1) is 14.4. The first-order valence-electron chi connectivity index (χ1n) is 9.22. The van der Waals surface area contributed by atoms with Crippen LogP contribution in [0.15, 0.2) is 61.5 Å². The number of amides is 1. The Balaban J connectivity index is 1.58. The zero-order chi connectivity index (χ0) is 21.3. The van der Waals surface area contributed by atoms with Crippen molar-refractivity contribution >= 4 is 50.3 Å². The Morgan fingerprint density at radius 1 is 1.30 bits per heavy atom. The van der Waals surface area contributed by atoms with Crippen LogP contribution in [0.3, 0.4) is 0 Å². The monoisotopic (exact) mass is 486 g/mol. The summed E-state index contributed by atoms with van der Waals surface area (Å²) in [6.07, 6.45) is 1.56. The molecular weight excluding hydrogens is 468 g/mol. The van der Waals surface area contributed by atoms with Gasteiger partial charge in [0.25, 0.3) is 5.56 Å². The van der Waals surface area contributed by atoms with Gasteiger partial charge in [-0.15, -0.1) is 0 Å². The van der Waals surface area contributed by atoms with Gasteiger partial charge in [0.2, 0.25) is 5.91 Å². The van der Waals surface area contributed by atoms with E-state index >= 15 is 0 Å². The van der Waals surface area contributed by atoms with Gasteiger partial charge in [-0.25, -0.2) is 4.98 Å². The van der Waals surface area contributed by atoms with Crippen molar-refractivity contribution in [1.82, 2.24) is 14.5 Å². The minimum atomic E-state index is -0.198. The molecule has 0 fully saturated rings. The molecule has 0 aliphatic rings.